The number of carbonyl (C=O) groups excluding carboxylic acids is 1. The number of amides is 1. The Labute approximate surface area is 102 Å². The Morgan fingerprint density at radius 3 is 3.00 bits per heavy atom. The first-order valence-electron chi connectivity index (χ1n) is 5.78. The number of aromatic nitrogens is 1. The minimum Gasteiger partial charge on any atom is -0.382 e. The molecule has 0 aromatic carbocycles. The van der Waals surface area contributed by atoms with Gasteiger partial charge in [-0.15, -0.1) is 0 Å². The molecule has 2 N–H and O–H groups in total. The maximum Gasteiger partial charge on any atom is 0.269 e. The van der Waals surface area contributed by atoms with E-state index in [4.69, 9.17) is 4.74 Å². The average molecular weight is 237 g/mol. The summed E-state index contributed by atoms with van der Waals surface area (Å²) < 4.78 is 5.18. The second-order valence-corrected chi connectivity index (χ2v) is 3.46. The fourth-order valence-corrected chi connectivity index (χ4v) is 1.31. The molecule has 0 fully saturated rings. The first-order valence-corrected chi connectivity index (χ1v) is 5.78. The fraction of sp³-hybridized carbons (Fsp3) is 0.500. The van der Waals surface area contributed by atoms with Crippen LogP contribution in [0.15, 0.2) is 18.2 Å². The first-order chi connectivity index (χ1) is 8.27. The molecule has 1 aromatic heterocycles. The topological polar surface area (TPSA) is 63.2 Å². The first kappa shape index (κ1) is 13.4. The van der Waals surface area contributed by atoms with Gasteiger partial charge in [-0.3, -0.25) is 4.79 Å². The largest absolute Gasteiger partial charge is 0.382 e. The Kier molecular flexibility index (Phi) is 6.03. The normalized spacial score (nSPS) is 10.0. The van der Waals surface area contributed by atoms with Gasteiger partial charge in [0, 0.05) is 26.8 Å². The molecule has 0 aliphatic heterocycles. The number of hydrogen-bond acceptors (Lipinski definition) is 4. The molecule has 0 atom stereocenters. The van der Waals surface area contributed by atoms with Crippen LogP contribution in [0.1, 0.15) is 23.8 Å². The Morgan fingerprint density at radius 1 is 1.47 bits per heavy atom. The van der Waals surface area contributed by atoms with Crippen molar-refractivity contribution in [1.82, 2.24) is 10.3 Å². The minimum atomic E-state index is -0.154. The molecule has 1 heterocycles. The van der Waals surface area contributed by atoms with Crippen molar-refractivity contribution < 1.29 is 9.53 Å². The molecule has 94 valence electrons. The number of ether oxygens (including phenoxy) is 1. The van der Waals surface area contributed by atoms with Gasteiger partial charge in [0.05, 0.1) is 0 Å². The van der Waals surface area contributed by atoms with Crippen molar-refractivity contribution in [2.24, 2.45) is 0 Å². The lowest BCUT2D eigenvalue weighted by Crippen LogP contribution is -2.26. The van der Waals surface area contributed by atoms with E-state index in [1.54, 1.807) is 19.2 Å². The smallest absolute Gasteiger partial charge is 0.269 e. The summed E-state index contributed by atoms with van der Waals surface area (Å²) in [6.07, 6.45) is 0.811. The van der Waals surface area contributed by atoms with Gasteiger partial charge in [-0.05, 0) is 25.5 Å². The number of hydrogen-bond donors (Lipinski definition) is 2. The molecular weight excluding hydrogens is 218 g/mol. The molecule has 1 amide bonds. The van der Waals surface area contributed by atoms with Gasteiger partial charge in [0.2, 0.25) is 0 Å². The summed E-state index contributed by atoms with van der Waals surface area (Å²) in [5, 5.41) is 5.70. The number of pyridine rings is 1. The van der Waals surface area contributed by atoms with E-state index in [-0.39, 0.29) is 5.91 Å². The van der Waals surface area contributed by atoms with Gasteiger partial charge >= 0.3 is 0 Å². The third-order valence-corrected chi connectivity index (χ3v) is 2.19. The van der Waals surface area contributed by atoms with Crippen LogP contribution in [0.2, 0.25) is 0 Å². The van der Waals surface area contributed by atoms with Crippen molar-refractivity contribution in [1.29, 1.82) is 0 Å². The molecule has 0 radical (unpaired) electrons. The summed E-state index contributed by atoms with van der Waals surface area (Å²) in [4.78, 5) is 15.9. The molecule has 1 aromatic rings. The van der Waals surface area contributed by atoms with Crippen molar-refractivity contribution in [3.63, 3.8) is 0 Å². The van der Waals surface area contributed by atoms with Crippen LogP contribution in [0.3, 0.4) is 0 Å². The quantitative estimate of drug-likeness (QED) is 0.701. The molecule has 0 unspecified atom stereocenters. The molecule has 5 nitrogen and oxygen atoms in total. The van der Waals surface area contributed by atoms with E-state index in [1.165, 1.54) is 0 Å². The Morgan fingerprint density at radius 2 is 2.29 bits per heavy atom. The molecule has 0 aliphatic rings. The third-order valence-electron chi connectivity index (χ3n) is 2.19. The van der Waals surface area contributed by atoms with Gasteiger partial charge in [-0.25, -0.2) is 4.98 Å². The van der Waals surface area contributed by atoms with Crippen LogP contribution in [0.5, 0.6) is 0 Å². The van der Waals surface area contributed by atoms with Crippen LogP contribution in [-0.2, 0) is 4.74 Å². The van der Waals surface area contributed by atoms with Crippen molar-refractivity contribution in [3.8, 4) is 0 Å². The molecule has 0 saturated heterocycles. The highest BCUT2D eigenvalue weighted by molar-refractivity contribution is 5.92. The van der Waals surface area contributed by atoms with Crippen LogP contribution >= 0.6 is 0 Å². The van der Waals surface area contributed by atoms with Crippen molar-refractivity contribution >= 4 is 11.7 Å². The lowest BCUT2D eigenvalue weighted by molar-refractivity contribution is 0.0939. The third kappa shape index (κ3) is 4.82. The zero-order valence-corrected chi connectivity index (χ0v) is 10.3. The summed E-state index contributed by atoms with van der Waals surface area (Å²) in [6, 6.07) is 5.30. The lowest BCUT2D eigenvalue weighted by atomic mass is 10.3. The summed E-state index contributed by atoms with van der Waals surface area (Å²) >= 11 is 0. The van der Waals surface area contributed by atoms with Gasteiger partial charge < -0.3 is 15.4 Å². The van der Waals surface area contributed by atoms with Crippen LogP contribution in [-0.4, -0.2) is 37.7 Å². The maximum atomic E-state index is 11.7. The monoisotopic (exact) mass is 237 g/mol. The van der Waals surface area contributed by atoms with Crippen molar-refractivity contribution in [2.75, 3.05) is 32.1 Å². The number of anilines is 1. The number of carbonyl (C=O) groups is 1. The van der Waals surface area contributed by atoms with Gasteiger partial charge in [-0.1, -0.05) is 6.07 Å². The van der Waals surface area contributed by atoms with Crippen LogP contribution in [0.4, 0.5) is 5.82 Å². The SMILES string of the molecule is CCOCCCNC(=O)c1cccc(NC)n1. The molecule has 0 aliphatic carbocycles. The highest BCUT2D eigenvalue weighted by Gasteiger charge is 2.06. The standard InChI is InChI=1S/C12H19N3O2/c1-3-17-9-5-8-14-12(16)10-6-4-7-11(13-2)15-10/h4,6-7H,3,5,8-9H2,1-2H3,(H,13,15)(H,14,16). The van der Waals surface area contributed by atoms with Gasteiger partial charge in [0.1, 0.15) is 11.5 Å². The number of nitrogens with one attached hydrogen (secondary N) is 2. The van der Waals surface area contributed by atoms with Crippen LogP contribution in [0, 0.1) is 0 Å². The Bertz CT molecular complexity index is 355. The zero-order valence-electron chi connectivity index (χ0n) is 10.3. The second-order valence-electron chi connectivity index (χ2n) is 3.46. The molecular formula is C12H19N3O2. The van der Waals surface area contributed by atoms with E-state index < -0.39 is 0 Å². The molecule has 1 rings (SSSR count). The van der Waals surface area contributed by atoms with E-state index in [0.717, 1.165) is 6.42 Å². The fourth-order valence-electron chi connectivity index (χ4n) is 1.31. The number of rotatable bonds is 7. The second kappa shape index (κ2) is 7.62. The maximum absolute atomic E-state index is 11.7. The molecule has 17 heavy (non-hydrogen) atoms. The van der Waals surface area contributed by atoms with Gasteiger partial charge in [0.15, 0.2) is 0 Å². The van der Waals surface area contributed by atoms with E-state index in [9.17, 15) is 4.79 Å². The lowest BCUT2D eigenvalue weighted by Gasteiger charge is -2.06. The summed E-state index contributed by atoms with van der Waals surface area (Å²) in [6.45, 7) is 3.93. The van der Waals surface area contributed by atoms with Gasteiger partial charge in [-0.2, -0.15) is 0 Å². The summed E-state index contributed by atoms with van der Waals surface area (Å²) in [5.41, 5.74) is 0.424. The van der Waals surface area contributed by atoms with Crippen LogP contribution in [0.25, 0.3) is 0 Å². The van der Waals surface area contributed by atoms with Crippen LogP contribution < -0.4 is 10.6 Å². The Balaban J connectivity index is 2.36. The van der Waals surface area contributed by atoms with Crippen molar-refractivity contribution in [2.45, 2.75) is 13.3 Å². The van der Waals surface area contributed by atoms with E-state index in [2.05, 4.69) is 15.6 Å². The highest BCUT2D eigenvalue weighted by Crippen LogP contribution is 2.03. The predicted octanol–water partition coefficient (Wildman–Crippen LogP) is 1.28. The molecule has 0 bridgehead atoms. The minimum absolute atomic E-state index is 0.154. The summed E-state index contributed by atoms with van der Waals surface area (Å²) in [7, 11) is 1.77. The summed E-state index contributed by atoms with van der Waals surface area (Å²) in [5.74, 6) is 0.533. The highest BCUT2D eigenvalue weighted by atomic mass is 16.5. The Hall–Kier alpha value is -1.62. The van der Waals surface area contributed by atoms with E-state index in [1.807, 2.05) is 13.0 Å². The number of nitrogens with zero attached hydrogens (tertiary/aromatic N) is 1. The van der Waals surface area contributed by atoms with E-state index >= 15 is 0 Å². The molecule has 0 spiro atoms. The van der Waals surface area contributed by atoms with Crippen molar-refractivity contribution in [3.05, 3.63) is 23.9 Å². The molecule has 5 heteroatoms. The zero-order chi connectivity index (χ0) is 12.5. The van der Waals surface area contributed by atoms with Gasteiger partial charge in [0.25, 0.3) is 5.91 Å². The van der Waals surface area contributed by atoms with E-state index in [0.29, 0.717) is 31.3 Å². The predicted molar refractivity (Wildman–Crippen MR) is 67.2 cm³/mol. The average Bonchev–Trinajstić information content (AvgIpc) is 2.38. The molecule has 0 saturated carbocycles.